The van der Waals surface area contributed by atoms with Crippen LogP contribution in [0.15, 0.2) is 0 Å². The molecule has 0 aromatic rings. The van der Waals surface area contributed by atoms with Gasteiger partial charge in [-0.25, -0.2) is 4.79 Å². The van der Waals surface area contributed by atoms with Crippen molar-refractivity contribution in [2.45, 2.75) is 32.7 Å². The molecule has 2 amide bonds. The Balaban J connectivity index is 2.43. The molecule has 0 aromatic carbocycles. The van der Waals surface area contributed by atoms with Gasteiger partial charge in [-0.1, -0.05) is 13.8 Å². The van der Waals surface area contributed by atoms with Crippen LogP contribution < -0.4 is 10.6 Å². The van der Waals surface area contributed by atoms with E-state index in [-0.39, 0.29) is 12.5 Å². The molecule has 1 unspecified atom stereocenters. The van der Waals surface area contributed by atoms with Crippen LogP contribution in [0, 0.1) is 5.92 Å². The highest BCUT2D eigenvalue weighted by molar-refractivity contribution is 5.92. The van der Waals surface area contributed by atoms with Crippen molar-refractivity contribution in [1.29, 1.82) is 0 Å². The minimum absolute atomic E-state index is 0.228. The highest BCUT2D eigenvalue weighted by Crippen LogP contribution is 2.08. The van der Waals surface area contributed by atoms with E-state index in [1.807, 2.05) is 0 Å². The summed E-state index contributed by atoms with van der Waals surface area (Å²) < 4.78 is 4.42. The van der Waals surface area contributed by atoms with Crippen LogP contribution in [0.4, 0.5) is 4.79 Å². The molecule has 1 rings (SSSR count). The standard InChI is InChI=1S/C13H25N3O3/c1-10(2)7-16(8-11-5-4-6-14-11)9-12(17)15-13(18)19-3/h10-11,14H,4-9H2,1-3H3,(H,15,17,18). The van der Waals surface area contributed by atoms with Crippen molar-refractivity contribution >= 4 is 12.0 Å². The summed E-state index contributed by atoms with van der Waals surface area (Å²) in [5, 5.41) is 5.62. The molecule has 0 saturated carbocycles. The van der Waals surface area contributed by atoms with Gasteiger partial charge in [0.05, 0.1) is 13.7 Å². The van der Waals surface area contributed by atoms with Gasteiger partial charge in [0, 0.05) is 19.1 Å². The van der Waals surface area contributed by atoms with E-state index in [9.17, 15) is 9.59 Å². The Morgan fingerprint density at radius 3 is 2.74 bits per heavy atom. The molecule has 0 radical (unpaired) electrons. The van der Waals surface area contributed by atoms with Gasteiger partial charge < -0.3 is 10.1 Å². The Hall–Kier alpha value is -1.14. The summed E-state index contributed by atoms with van der Waals surface area (Å²) in [6, 6.07) is 0.449. The molecule has 1 aliphatic heterocycles. The van der Waals surface area contributed by atoms with Crippen LogP contribution in [0.5, 0.6) is 0 Å². The first-order valence-electron chi connectivity index (χ1n) is 6.84. The molecular weight excluding hydrogens is 246 g/mol. The topological polar surface area (TPSA) is 70.7 Å². The van der Waals surface area contributed by atoms with Gasteiger partial charge in [0.2, 0.25) is 5.91 Å². The number of alkyl carbamates (subject to hydrolysis) is 1. The number of imide groups is 1. The number of nitrogens with one attached hydrogen (secondary N) is 2. The van der Waals surface area contributed by atoms with Gasteiger partial charge in [0.15, 0.2) is 0 Å². The van der Waals surface area contributed by atoms with Crippen molar-refractivity contribution in [3.63, 3.8) is 0 Å². The minimum Gasteiger partial charge on any atom is -0.453 e. The number of hydrogen-bond donors (Lipinski definition) is 2. The second-order valence-corrected chi connectivity index (χ2v) is 5.42. The van der Waals surface area contributed by atoms with Crippen LogP contribution in [-0.4, -0.2) is 56.2 Å². The zero-order valence-electron chi connectivity index (χ0n) is 12.1. The summed E-state index contributed by atoms with van der Waals surface area (Å²) in [5.74, 6) is 0.165. The molecule has 1 heterocycles. The normalized spacial score (nSPS) is 18.9. The molecule has 19 heavy (non-hydrogen) atoms. The molecular formula is C13H25N3O3. The summed E-state index contributed by atoms with van der Waals surface area (Å²) in [6.07, 6.45) is 1.63. The van der Waals surface area contributed by atoms with Gasteiger partial charge in [-0.3, -0.25) is 15.0 Å². The van der Waals surface area contributed by atoms with Crippen LogP contribution in [0.1, 0.15) is 26.7 Å². The van der Waals surface area contributed by atoms with Gasteiger partial charge in [-0.05, 0) is 25.3 Å². The maximum atomic E-state index is 11.7. The Kier molecular flexibility index (Phi) is 6.80. The maximum absolute atomic E-state index is 11.7. The first-order chi connectivity index (χ1) is 9.01. The highest BCUT2D eigenvalue weighted by Gasteiger charge is 2.20. The number of methoxy groups -OCH3 is 1. The smallest absolute Gasteiger partial charge is 0.413 e. The molecule has 0 aromatic heterocycles. The van der Waals surface area contributed by atoms with Crippen molar-refractivity contribution in [2.24, 2.45) is 5.92 Å². The maximum Gasteiger partial charge on any atom is 0.413 e. The van der Waals surface area contributed by atoms with E-state index >= 15 is 0 Å². The highest BCUT2D eigenvalue weighted by atomic mass is 16.5. The molecule has 6 heteroatoms. The van der Waals surface area contributed by atoms with Crippen LogP contribution in [-0.2, 0) is 9.53 Å². The molecule has 1 aliphatic rings. The average molecular weight is 271 g/mol. The quantitative estimate of drug-likeness (QED) is 0.739. The van der Waals surface area contributed by atoms with Crippen LogP contribution in [0.3, 0.4) is 0 Å². The SMILES string of the molecule is COC(=O)NC(=O)CN(CC(C)C)CC1CCCN1. The number of rotatable bonds is 6. The molecule has 1 fully saturated rings. The summed E-state index contributed by atoms with van der Waals surface area (Å²) in [4.78, 5) is 24.8. The molecule has 0 spiro atoms. The fraction of sp³-hybridized carbons (Fsp3) is 0.846. The second kappa shape index (κ2) is 8.12. The first-order valence-corrected chi connectivity index (χ1v) is 6.84. The predicted molar refractivity (Wildman–Crippen MR) is 72.9 cm³/mol. The second-order valence-electron chi connectivity index (χ2n) is 5.42. The van der Waals surface area contributed by atoms with Crippen molar-refractivity contribution < 1.29 is 14.3 Å². The fourth-order valence-electron chi connectivity index (χ4n) is 2.35. The van der Waals surface area contributed by atoms with Gasteiger partial charge in [-0.2, -0.15) is 0 Å². The van der Waals surface area contributed by atoms with Crippen molar-refractivity contribution in [3.05, 3.63) is 0 Å². The third-order valence-electron chi connectivity index (χ3n) is 3.06. The molecule has 2 N–H and O–H groups in total. The van der Waals surface area contributed by atoms with Gasteiger partial charge in [-0.15, -0.1) is 0 Å². The molecule has 1 atom stereocenters. The molecule has 110 valence electrons. The van der Waals surface area contributed by atoms with E-state index in [0.717, 1.165) is 26.1 Å². The predicted octanol–water partition coefficient (Wildman–Crippen LogP) is 0.579. The zero-order chi connectivity index (χ0) is 14.3. The summed E-state index contributed by atoms with van der Waals surface area (Å²) in [5.41, 5.74) is 0. The lowest BCUT2D eigenvalue weighted by atomic mass is 10.1. The molecule has 1 saturated heterocycles. The van der Waals surface area contributed by atoms with E-state index in [1.54, 1.807) is 0 Å². The lowest BCUT2D eigenvalue weighted by Gasteiger charge is -2.26. The van der Waals surface area contributed by atoms with Crippen LogP contribution in [0.2, 0.25) is 0 Å². The largest absolute Gasteiger partial charge is 0.453 e. The number of hydrogen-bond acceptors (Lipinski definition) is 5. The summed E-state index contributed by atoms with van der Waals surface area (Å²) in [6.45, 7) is 7.19. The van der Waals surface area contributed by atoms with Gasteiger partial charge in [0.25, 0.3) is 0 Å². The lowest BCUT2D eigenvalue weighted by Crippen LogP contribution is -2.45. The van der Waals surface area contributed by atoms with E-state index in [1.165, 1.54) is 13.5 Å². The van der Waals surface area contributed by atoms with E-state index in [2.05, 4.69) is 34.1 Å². The first kappa shape index (κ1) is 15.9. The van der Waals surface area contributed by atoms with Gasteiger partial charge >= 0.3 is 6.09 Å². The number of carbonyl (C=O) groups is 2. The number of nitrogens with zero attached hydrogens (tertiary/aromatic N) is 1. The Labute approximate surface area is 114 Å². The third kappa shape index (κ3) is 6.54. The van der Waals surface area contributed by atoms with Crippen molar-refractivity contribution in [2.75, 3.05) is 33.3 Å². The minimum atomic E-state index is -0.700. The summed E-state index contributed by atoms with van der Waals surface area (Å²) in [7, 11) is 1.25. The Morgan fingerprint density at radius 2 is 2.21 bits per heavy atom. The van der Waals surface area contributed by atoms with Crippen molar-refractivity contribution in [1.82, 2.24) is 15.5 Å². The molecule has 0 aliphatic carbocycles. The number of amides is 2. The van der Waals surface area contributed by atoms with Crippen LogP contribution >= 0.6 is 0 Å². The fourth-order valence-corrected chi connectivity index (χ4v) is 2.35. The molecule has 6 nitrogen and oxygen atoms in total. The Morgan fingerprint density at radius 1 is 1.47 bits per heavy atom. The lowest BCUT2D eigenvalue weighted by molar-refractivity contribution is -0.121. The van der Waals surface area contributed by atoms with Crippen LogP contribution in [0.25, 0.3) is 0 Å². The monoisotopic (exact) mass is 271 g/mol. The zero-order valence-corrected chi connectivity index (χ0v) is 12.1. The molecule has 0 bridgehead atoms. The summed E-state index contributed by atoms with van der Waals surface area (Å²) >= 11 is 0. The van der Waals surface area contributed by atoms with E-state index in [4.69, 9.17) is 0 Å². The third-order valence-corrected chi connectivity index (χ3v) is 3.06. The Bertz CT molecular complexity index is 302. The average Bonchev–Trinajstić information content (AvgIpc) is 2.80. The van der Waals surface area contributed by atoms with E-state index < -0.39 is 6.09 Å². The van der Waals surface area contributed by atoms with E-state index in [0.29, 0.717) is 12.0 Å². The number of ether oxygens (including phenoxy) is 1. The van der Waals surface area contributed by atoms with Gasteiger partial charge in [0.1, 0.15) is 0 Å². The van der Waals surface area contributed by atoms with Crippen molar-refractivity contribution in [3.8, 4) is 0 Å². The number of carbonyl (C=O) groups excluding carboxylic acids is 2.